The molecule has 0 saturated carbocycles. The summed E-state index contributed by atoms with van der Waals surface area (Å²) in [5.41, 5.74) is 4.96. The number of hydrogen-bond acceptors (Lipinski definition) is 1. The van der Waals surface area contributed by atoms with E-state index in [0.717, 1.165) is 30.8 Å². The van der Waals surface area contributed by atoms with Crippen LogP contribution in [0.4, 0.5) is 0 Å². The fourth-order valence-corrected chi connectivity index (χ4v) is 2.06. The molecule has 0 unspecified atom stereocenters. The number of hydrogen-bond donors (Lipinski definition) is 0. The molecule has 2 nitrogen and oxygen atoms in total. The molecule has 2 rings (SSSR count). The normalized spacial score (nSPS) is 11.2. The number of aryl methyl sites for hydroxylation is 3. The molecule has 0 atom stereocenters. The van der Waals surface area contributed by atoms with Crippen LogP contribution in [0, 0.1) is 13.8 Å². The second kappa shape index (κ2) is 4.88. The Kier molecular flexibility index (Phi) is 3.49. The van der Waals surface area contributed by atoms with Crippen molar-refractivity contribution in [3.05, 3.63) is 29.6 Å². The molecule has 0 aliphatic rings. The Labute approximate surface area is 101 Å². The van der Waals surface area contributed by atoms with E-state index in [0.29, 0.717) is 0 Å². The van der Waals surface area contributed by atoms with Crippen molar-refractivity contribution in [3.8, 4) is 0 Å². The molecule has 0 spiro atoms. The first-order valence-corrected chi connectivity index (χ1v) is 6.24. The van der Waals surface area contributed by atoms with Gasteiger partial charge in [-0.15, -0.1) is 11.6 Å². The van der Waals surface area contributed by atoms with Crippen molar-refractivity contribution in [2.24, 2.45) is 0 Å². The van der Waals surface area contributed by atoms with Gasteiger partial charge in [0.2, 0.25) is 0 Å². The first-order chi connectivity index (χ1) is 7.72. The number of benzene rings is 1. The number of fused-ring (bicyclic) bond motifs is 1. The smallest absolute Gasteiger partial charge is 0.0958 e. The number of unbranched alkanes of at least 4 members (excludes halogenated alkanes) is 1. The molecule has 0 saturated heterocycles. The number of alkyl halides is 1. The van der Waals surface area contributed by atoms with Crippen molar-refractivity contribution in [1.29, 1.82) is 0 Å². The summed E-state index contributed by atoms with van der Waals surface area (Å²) in [5, 5.41) is 0. The zero-order valence-electron chi connectivity index (χ0n) is 9.83. The van der Waals surface area contributed by atoms with E-state index in [1.54, 1.807) is 0 Å². The molecule has 3 heteroatoms. The predicted octanol–water partition coefficient (Wildman–Crippen LogP) is 3.67. The first-order valence-electron chi connectivity index (χ1n) is 5.70. The summed E-state index contributed by atoms with van der Waals surface area (Å²) in [6.07, 6.45) is 4.10. The summed E-state index contributed by atoms with van der Waals surface area (Å²) in [4.78, 5) is 4.43. The monoisotopic (exact) mass is 236 g/mol. The topological polar surface area (TPSA) is 17.8 Å². The van der Waals surface area contributed by atoms with Crippen LogP contribution >= 0.6 is 11.6 Å². The highest BCUT2D eigenvalue weighted by atomic mass is 35.5. The summed E-state index contributed by atoms with van der Waals surface area (Å²) in [6, 6.07) is 4.38. The number of halogens is 1. The molecular weight excluding hydrogens is 220 g/mol. The minimum atomic E-state index is 0.741. The Morgan fingerprint density at radius 3 is 2.69 bits per heavy atom. The van der Waals surface area contributed by atoms with Crippen LogP contribution in [0.25, 0.3) is 11.0 Å². The van der Waals surface area contributed by atoms with E-state index in [2.05, 4.69) is 35.5 Å². The maximum Gasteiger partial charge on any atom is 0.0958 e. The second-order valence-corrected chi connectivity index (χ2v) is 4.64. The van der Waals surface area contributed by atoms with E-state index in [1.807, 2.05) is 6.33 Å². The molecule has 1 aromatic carbocycles. The van der Waals surface area contributed by atoms with E-state index in [1.165, 1.54) is 16.6 Å². The Hall–Kier alpha value is -1.02. The standard InChI is InChI=1S/C13H17ClN2/c1-10-7-12-13(8-11(10)2)16(9-15-12)6-4-3-5-14/h7-9H,3-6H2,1-2H3. The SMILES string of the molecule is Cc1cc2ncn(CCCCCl)c2cc1C. The first kappa shape index (κ1) is 11.5. The van der Waals surface area contributed by atoms with Crippen molar-refractivity contribution in [3.63, 3.8) is 0 Å². The van der Waals surface area contributed by atoms with E-state index in [-0.39, 0.29) is 0 Å². The Balaban J connectivity index is 2.29. The maximum atomic E-state index is 5.68. The zero-order valence-corrected chi connectivity index (χ0v) is 10.6. The molecule has 1 aromatic heterocycles. The quantitative estimate of drug-likeness (QED) is 0.585. The van der Waals surface area contributed by atoms with E-state index in [4.69, 9.17) is 11.6 Å². The highest BCUT2D eigenvalue weighted by molar-refractivity contribution is 6.17. The van der Waals surface area contributed by atoms with E-state index >= 15 is 0 Å². The number of aromatic nitrogens is 2. The van der Waals surface area contributed by atoms with Gasteiger partial charge in [0.25, 0.3) is 0 Å². The number of nitrogens with zero attached hydrogens (tertiary/aromatic N) is 2. The van der Waals surface area contributed by atoms with Gasteiger partial charge in [-0.2, -0.15) is 0 Å². The van der Waals surface area contributed by atoms with Gasteiger partial charge >= 0.3 is 0 Å². The van der Waals surface area contributed by atoms with Crippen LogP contribution < -0.4 is 0 Å². The maximum absolute atomic E-state index is 5.68. The molecule has 0 bridgehead atoms. The molecule has 2 aromatic rings. The van der Waals surface area contributed by atoms with Crippen molar-refractivity contribution < 1.29 is 0 Å². The molecule has 0 N–H and O–H groups in total. The zero-order chi connectivity index (χ0) is 11.5. The van der Waals surface area contributed by atoms with Crippen LogP contribution in [0.2, 0.25) is 0 Å². The minimum Gasteiger partial charge on any atom is -0.331 e. The van der Waals surface area contributed by atoms with Crippen LogP contribution in [0.1, 0.15) is 24.0 Å². The summed E-state index contributed by atoms with van der Waals surface area (Å²) < 4.78 is 2.22. The highest BCUT2D eigenvalue weighted by Crippen LogP contribution is 2.18. The highest BCUT2D eigenvalue weighted by Gasteiger charge is 2.04. The van der Waals surface area contributed by atoms with Gasteiger partial charge in [0, 0.05) is 12.4 Å². The average molecular weight is 237 g/mol. The van der Waals surface area contributed by atoms with Gasteiger partial charge in [0.1, 0.15) is 0 Å². The largest absolute Gasteiger partial charge is 0.331 e. The third-order valence-corrected chi connectivity index (χ3v) is 3.29. The lowest BCUT2D eigenvalue weighted by molar-refractivity contribution is 0.648. The average Bonchev–Trinajstić information content (AvgIpc) is 2.63. The van der Waals surface area contributed by atoms with E-state index in [9.17, 15) is 0 Å². The Bertz CT molecular complexity index is 488. The van der Waals surface area contributed by atoms with Gasteiger partial charge in [0.15, 0.2) is 0 Å². The van der Waals surface area contributed by atoms with Gasteiger partial charge in [-0.05, 0) is 49.9 Å². The number of rotatable bonds is 4. The van der Waals surface area contributed by atoms with Gasteiger partial charge in [-0.1, -0.05) is 0 Å². The van der Waals surface area contributed by atoms with Gasteiger partial charge in [-0.3, -0.25) is 0 Å². The molecule has 0 aliphatic heterocycles. The number of imidazole rings is 1. The Morgan fingerprint density at radius 2 is 1.94 bits per heavy atom. The van der Waals surface area contributed by atoms with E-state index < -0.39 is 0 Å². The van der Waals surface area contributed by atoms with Crippen LogP contribution in [0.3, 0.4) is 0 Å². The lowest BCUT2D eigenvalue weighted by atomic mass is 10.1. The van der Waals surface area contributed by atoms with Crippen LogP contribution in [0.15, 0.2) is 18.5 Å². The molecule has 1 heterocycles. The molecule has 0 aliphatic carbocycles. The van der Waals surface area contributed by atoms with Gasteiger partial charge in [-0.25, -0.2) is 4.98 Å². The van der Waals surface area contributed by atoms with Crippen LogP contribution in [0.5, 0.6) is 0 Å². The summed E-state index contributed by atoms with van der Waals surface area (Å²) in [6.45, 7) is 5.28. The molecule has 0 radical (unpaired) electrons. The molecule has 16 heavy (non-hydrogen) atoms. The van der Waals surface area contributed by atoms with Crippen LogP contribution in [-0.2, 0) is 6.54 Å². The third kappa shape index (κ3) is 2.22. The minimum absolute atomic E-state index is 0.741. The fourth-order valence-electron chi connectivity index (χ4n) is 1.87. The summed E-state index contributed by atoms with van der Waals surface area (Å²) >= 11 is 5.68. The van der Waals surface area contributed by atoms with Crippen molar-refractivity contribution in [2.45, 2.75) is 33.2 Å². The fraction of sp³-hybridized carbons (Fsp3) is 0.462. The summed E-state index contributed by atoms with van der Waals surface area (Å²) in [5.74, 6) is 0.741. The molecule has 0 fully saturated rings. The lowest BCUT2D eigenvalue weighted by Gasteiger charge is -2.05. The van der Waals surface area contributed by atoms with Gasteiger partial charge < -0.3 is 4.57 Å². The molecule has 0 amide bonds. The predicted molar refractivity (Wildman–Crippen MR) is 69.2 cm³/mol. The molecular formula is C13H17ClN2. The van der Waals surface area contributed by atoms with Gasteiger partial charge in [0.05, 0.1) is 17.4 Å². The second-order valence-electron chi connectivity index (χ2n) is 4.26. The summed E-state index contributed by atoms with van der Waals surface area (Å²) in [7, 11) is 0. The third-order valence-electron chi connectivity index (χ3n) is 3.02. The van der Waals surface area contributed by atoms with Crippen LogP contribution in [-0.4, -0.2) is 15.4 Å². The Morgan fingerprint density at radius 1 is 1.19 bits per heavy atom. The molecule has 86 valence electrons. The van der Waals surface area contributed by atoms with Crippen molar-refractivity contribution >= 4 is 22.6 Å². The van der Waals surface area contributed by atoms with Crippen molar-refractivity contribution in [1.82, 2.24) is 9.55 Å². The van der Waals surface area contributed by atoms with Crippen molar-refractivity contribution in [2.75, 3.05) is 5.88 Å². The lowest BCUT2D eigenvalue weighted by Crippen LogP contribution is -1.96.